The van der Waals surface area contributed by atoms with E-state index in [1.54, 1.807) is 24.3 Å². The maximum absolute atomic E-state index is 12.8. The number of benzene rings is 1. The van der Waals surface area contributed by atoms with Gasteiger partial charge in [-0.1, -0.05) is 20.8 Å². The molecule has 1 aromatic carbocycles. The number of nitrogens with zero attached hydrogens (tertiary/aromatic N) is 1. The first kappa shape index (κ1) is 19.0. The fourth-order valence-corrected chi connectivity index (χ4v) is 5.98. The van der Waals surface area contributed by atoms with Gasteiger partial charge in [0.25, 0.3) is 5.91 Å². The van der Waals surface area contributed by atoms with E-state index in [1.807, 2.05) is 6.92 Å². The van der Waals surface area contributed by atoms with Crippen LogP contribution in [0.5, 0.6) is 0 Å². The van der Waals surface area contributed by atoms with Crippen molar-refractivity contribution >= 4 is 11.9 Å². The maximum atomic E-state index is 12.8. The van der Waals surface area contributed by atoms with Crippen LogP contribution in [0.15, 0.2) is 24.3 Å². The van der Waals surface area contributed by atoms with Crippen LogP contribution in [0.4, 0.5) is 0 Å². The average Bonchev–Trinajstić information content (AvgIpc) is 2.97. The van der Waals surface area contributed by atoms with Crippen LogP contribution in [0.3, 0.4) is 0 Å². The van der Waals surface area contributed by atoms with Crippen molar-refractivity contribution in [3.8, 4) is 6.07 Å². The first-order valence-corrected chi connectivity index (χ1v) is 10.4. The Morgan fingerprint density at radius 1 is 1.21 bits per heavy atom. The molecule has 3 fully saturated rings. The highest BCUT2D eigenvalue weighted by Crippen LogP contribution is 2.57. The Labute approximate surface area is 166 Å². The average molecular weight is 380 g/mol. The third-order valence-electron chi connectivity index (χ3n) is 7.72. The summed E-state index contributed by atoms with van der Waals surface area (Å²) in [7, 11) is 0. The van der Waals surface area contributed by atoms with Crippen molar-refractivity contribution in [1.29, 1.82) is 5.26 Å². The molecule has 5 nitrogen and oxygen atoms in total. The Hall–Kier alpha value is -2.35. The lowest BCUT2D eigenvalue weighted by molar-refractivity contribution is -0.153. The molecule has 1 N–H and O–H groups in total. The van der Waals surface area contributed by atoms with Crippen LogP contribution in [0.1, 0.15) is 62.4 Å². The SMILES string of the molecule is CC1C(=O)OC2C1CCC1(C)CCC(NC(=O)c3ccc(C#N)cc3)C(C)C21. The fraction of sp³-hybridized carbons (Fsp3) is 0.609. The van der Waals surface area contributed by atoms with E-state index in [2.05, 4.69) is 25.2 Å². The summed E-state index contributed by atoms with van der Waals surface area (Å²) in [5.41, 5.74) is 1.28. The number of fused-ring (bicyclic) bond motifs is 3. The lowest BCUT2D eigenvalue weighted by atomic mass is 9.52. The maximum Gasteiger partial charge on any atom is 0.309 e. The summed E-state index contributed by atoms with van der Waals surface area (Å²) >= 11 is 0. The van der Waals surface area contributed by atoms with Crippen LogP contribution in [0.2, 0.25) is 0 Å². The number of hydrogen-bond donors (Lipinski definition) is 1. The highest BCUT2D eigenvalue weighted by molar-refractivity contribution is 5.94. The molecule has 0 bridgehead atoms. The van der Waals surface area contributed by atoms with Gasteiger partial charge in [0.05, 0.1) is 17.6 Å². The third-order valence-corrected chi connectivity index (χ3v) is 7.72. The van der Waals surface area contributed by atoms with Gasteiger partial charge in [-0.25, -0.2) is 0 Å². The summed E-state index contributed by atoms with van der Waals surface area (Å²) in [5.74, 6) is 0.646. The van der Waals surface area contributed by atoms with Crippen LogP contribution >= 0.6 is 0 Å². The molecule has 1 aromatic rings. The number of amides is 1. The molecule has 0 spiro atoms. The monoisotopic (exact) mass is 380 g/mol. The van der Waals surface area contributed by atoms with Crippen LogP contribution in [-0.2, 0) is 9.53 Å². The van der Waals surface area contributed by atoms with Crippen molar-refractivity contribution in [1.82, 2.24) is 5.32 Å². The van der Waals surface area contributed by atoms with E-state index in [9.17, 15) is 9.59 Å². The second-order valence-corrected chi connectivity index (χ2v) is 9.24. The summed E-state index contributed by atoms with van der Waals surface area (Å²) in [6, 6.07) is 8.87. The van der Waals surface area contributed by atoms with Crippen molar-refractivity contribution in [2.45, 2.75) is 58.6 Å². The Kier molecular flexibility index (Phi) is 4.69. The Balaban J connectivity index is 1.52. The molecule has 1 saturated heterocycles. The number of hydrogen-bond acceptors (Lipinski definition) is 4. The number of ether oxygens (including phenoxy) is 1. The molecule has 148 valence electrons. The minimum absolute atomic E-state index is 0.0182. The van der Waals surface area contributed by atoms with Crippen LogP contribution < -0.4 is 5.32 Å². The lowest BCUT2D eigenvalue weighted by Crippen LogP contribution is -2.57. The summed E-state index contributed by atoms with van der Waals surface area (Å²) in [5, 5.41) is 12.1. The second kappa shape index (κ2) is 6.92. The number of esters is 1. The van der Waals surface area contributed by atoms with E-state index in [1.165, 1.54) is 0 Å². The van der Waals surface area contributed by atoms with E-state index in [-0.39, 0.29) is 47.2 Å². The highest BCUT2D eigenvalue weighted by atomic mass is 16.6. The molecule has 5 heteroatoms. The lowest BCUT2D eigenvalue weighted by Gasteiger charge is -2.54. The third kappa shape index (κ3) is 2.99. The number of rotatable bonds is 2. The summed E-state index contributed by atoms with van der Waals surface area (Å²) in [6.07, 6.45) is 4.14. The molecule has 28 heavy (non-hydrogen) atoms. The molecule has 7 unspecified atom stereocenters. The van der Waals surface area contributed by atoms with Crippen LogP contribution in [0.25, 0.3) is 0 Å². The number of carbonyl (C=O) groups is 2. The topological polar surface area (TPSA) is 79.2 Å². The summed E-state index contributed by atoms with van der Waals surface area (Å²) < 4.78 is 5.86. The minimum atomic E-state index is -0.103. The fourth-order valence-electron chi connectivity index (χ4n) is 5.98. The van der Waals surface area contributed by atoms with Gasteiger partial charge in [-0.3, -0.25) is 9.59 Å². The van der Waals surface area contributed by atoms with E-state index >= 15 is 0 Å². The minimum Gasteiger partial charge on any atom is -0.462 e. The smallest absolute Gasteiger partial charge is 0.309 e. The Bertz CT molecular complexity index is 827. The van der Waals surface area contributed by atoms with Gasteiger partial charge in [-0.2, -0.15) is 5.26 Å². The largest absolute Gasteiger partial charge is 0.462 e. The standard InChI is InChI=1S/C23H28N2O3/c1-13-17-8-10-23(3)11-9-18(14(2)19(23)20(17)28-22(13)27)25-21(26)16-6-4-15(12-24)5-7-16/h4-7,13-14,17-20H,8-11H2,1-3H3,(H,25,26). The molecular formula is C23H28N2O3. The number of nitriles is 1. The van der Waals surface area contributed by atoms with Crippen molar-refractivity contribution in [2.24, 2.45) is 29.1 Å². The molecule has 0 radical (unpaired) electrons. The molecule has 1 amide bonds. The highest BCUT2D eigenvalue weighted by Gasteiger charge is 2.58. The van der Waals surface area contributed by atoms with Crippen molar-refractivity contribution in [2.75, 3.05) is 0 Å². The van der Waals surface area contributed by atoms with Crippen LogP contribution in [-0.4, -0.2) is 24.0 Å². The summed E-state index contributed by atoms with van der Waals surface area (Å²) in [6.45, 7) is 6.53. The molecule has 7 atom stereocenters. The van der Waals surface area contributed by atoms with Gasteiger partial charge in [0.15, 0.2) is 0 Å². The molecule has 2 saturated carbocycles. The van der Waals surface area contributed by atoms with Gasteiger partial charge in [-0.15, -0.1) is 0 Å². The van der Waals surface area contributed by atoms with Crippen molar-refractivity contribution in [3.63, 3.8) is 0 Å². The first-order valence-electron chi connectivity index (χ1n) is 10.4. The zero-order valence-electron chi connectivity index (χ0n) is 16.8. The Morgan fingerprint density at radius 2 is 1.89 bits per heavy atom. The van der Waals surface area contributed by atoms with E-state index in [4.69, 9.17) is 10.00 Å². The van der Waals surface area contributed by atoms with Gasteiger partial charge < -0.3 is 10.1 Å². The summed E-state index contributed by atoms with van der Waals surface area (Å²) in [4.78, 5) is 25.0. The van der Waals surface area contributed by atoms with Gasteiger partial charge in [0.2, 0.25) is 0 Å². The van der Waals surface area contributed by atoms with Gasteiger partial charge in [0, 0.05) is 23.4 Å². The second-order valence-electron chi connectivity index (χ2n) is 9.24. The molecular weight excluding hydrogens is 352 g/mol. The Morgan fingerprint density at radius 3 is 2.57 bits per heavy atom. The zero-order valence-corrected chi connectivity index (χ0v) is 16.8. The van der Waals surface area contributed by atoms with E-state index < -0.39 is 0 Å². The predicted molar refractivity (Wildman–Crippen MR) is 104 cm³/mol. The number of carbonyl (C=O) groups excluding carboxylic acids is 2. The molecule has 2 aliphatic carbocycles. The molecule has 1 aliphatic heterocycles. The van der Waals surface area contributed by atoms with E-state index in [0.29, 0.717) is 17.0 Å². The molecule has 4 rings (SSSR count). The zero-order chi connectivity index (χ0) is 20.1. The van der Waals surface area contributed by atoms with Gasteiger partial charge >= 0.3 is 5.97 Å². The molecule has 1 heterocycles. The first-order chi connectivity index (χ1) is 13.3. The van der Waals surface area contributed by atoms with Crippen LogP contribution in [0, 0.1) is 40.4 Å². The normalized spacial score (nSPS) is 39.3. The van der Waals surface area contributed by atoms with Crippen molar-refractivity contribution < 1.29 is 14.3 Å². The molecule has 3 aliphatic rings. The van der Waals surface area contributed by atoms with Crippen molar-refractivity contribution in [3.05, 3.63) is 35.4 Å². The van der Waals surface area contributed by atoms with Gasteiger partial charge in [-0.05, 0) is 61.3 Å². The quantitative estimate of drug-likeness (QED) is 0.794. The number of nitrogens with one attached hydrogen (secondary N) is 1. The predicted octanol–water partition coefficient (Wildman–Crippen LogP) is 3.68. The van der Waals surface area contributed by atoms with E-state index in [0.717, 1.165) is 25.7 Å². The molecule has 0 aromatic heterocycles. The van der Waals surface area contributed by atoms with Gasteiger partial charge in [0.1, 0.15) is 6.10 Å².